The van der Waals surface area contributed by atoms with Gasteiger partial charge in [-0.05, 0) is 38.8 Å². The molecule has 0 heterocycles. The van der Waals surface area contributed by atoms with E-state index in [1.54, 1.807) is 45.0 Å². The minimum absolute atomic E-state index is 0.0589. The third-order valence-corrected chi connectivity index (χ3v) is 3.91. The van der Waals surface area contributed by atoms with Gasteiger partial charge in [0.05, 0.1) is 0 Å². The molecule has 1 aromatic rings. The third-order valence-electron chi connectivity index (χ3n) is 3.91. The second kappa shape index (κ2) is 10.5. The first-order valence-electron chi connectivity index (χ1n) is 9.24. The van der Waals surface area contributed by atoms with Crippen LogP contribution in [-0.2, 0) is 9.53 Å². The fraction of sp³-hybridized carbons (Fsp3) is 0.550. The molecule has 150 valence electrons. The van der Waals surface area contributed by atoms with Gasteiger partial charge in [0.25, 0.3) is 5.91 Å². The molecule has 0 bridgehead atoms. The number of hydrogen-bond acceptors (Lipinski definition) is 4. The first kappa shape index (κ1) is 22.5. The quantitative estimate of drug-likeness (QED) is 0.606. The van der Waals surface area contributed by atoms with Crippen LogP contribution in [0.25, 0.3) is 0 Å². The van der Waals surface area contributed by atoms with Crippen LogP contribution in [-0.4, -0.2) is 42.6 Å². The predicted molar refractivity (Wildman–Crippen MR) is 104 cm³/mol. The molecule has 0 aliphatic rings. The molecule has 1 rings (SSSR count). The fourth-order valence-corrected chi connectivity index (χ4v) is 2.30. The summed E-state index contributed by atoms with van der Waals surface area (Å²) in [5, 5.41) is 8.13. The average molecular weight is 377 g/mol. The van der Waals surface area contributed by atoms with Crippen LogP contribution in [0.5, 0.6) is 0 Å². The number of rotatable bonds is 8. The van der Waals surface area contributed by atoms with Gasteiger partial charge in [0.1, 0.15) is 11.6 Å². The molecule has 0 saturated heterocycles. The van der Waals surface area contributed by atoms with Crippen LogP contribution >= 0.6 is 0 Å². The normalized spacial score (nSPS) is 13.2. The van der Waals surface area contributed by atoms with E-state index in [1.807, 2.05) is 19.9 Å². The molecular weight excluding hydrogens is 346 g/mol. The molecule has 2 unspecified atom stereocenters. The van der Waals surface area contributed by atoms with Gasteiger partial charge in [-0.1, -0.05) is 38.5 Å². The van der Waals surface area contributed by atoms with E-state index < -0.39 is 17.7 Å². The second-order valence-corrected chi connectivity index (χ2v) is 7.42. The molecule has 0 radical (unpaired) electrons. The van der Waals surface area contributed by atoms with Crippen LogP contribution in [0.4, 0.5) is 4.79 Å². The molecule has 2 atom stereocenters. The monoisotopic (exact) mass is 377 g/mol. The van der Waals surface area contributed by atoms with Crippen molar-refractivity contribution in [1.29, 1.82) is 0 Å². The van der Waals surface area contributed by atoms with E-state index in [0.29, 0.717) is 12.1 Å². The fourth-order valence-electron chi connectivity index (χ4n) is 2.30. The van der Waals surface area contributed by atoms with Gasteiger partial charge in [-0.25, -0.2) is 4.79 Å². The number of nitrogens with one attached hydrogen (secondary N) is 3. The highest BCUT2D eigenvalue weighted by Gasteiger charge is 2.27. The van der Waals surface area contributed by atoms with E-state index in [0.717, 1.165) is 6.42 Å². The van der Waals surface area contributed by atoms with Crippen molar-refractivity contribution in [2.45, 2.75) is 52.7 Å². The van der Waals surface area contributed by atoms with Gasteiger partial charge in [0.15, 0.2) is 0 Å². The van der Waals surface area contributed by atoms with E-state index in [-0.39, 0.29) is 24.3 Å². The molecule has 7 heteroatoms. The number of amides is 3. The van der Waals surface area contributed by atoms with Crippen LogP contribution in [0.15, 0.2) is 30.3 Å². The summed E-state index contributed by atoms with van der Waals surface area (Å²) in [6.07, 6.45) is 0.0962. The van der Waals surface area contributed by atoms with Gasteiger partial charge in [-0.3, -0.25) is 9.59 Å². The van der Waals surface area contributed by atoms with Crippen LogP contribution in [0.3, 0.4) is 0 Å². The maximum atomic E-state index is 12.5. The Bertz CT molecular complexity index is 626. The molecule has 3 amide bonds. The van der Waals surface area contributed by atoms with Gasteiger partial charge < -0.3 is 20.7 Å². The number of carbonyl (C=O) groups excluding carboxylic acids is 3. The number of ether oxygens (including phenoxy) is 1. The summed E-state index contributed by atoms with van der Waals surface area (Å²) >= 11 is 0. The number of alkyl carbamates (subject to hydrolysis) is 1. The lowest BCUT2D eigenvalue weighted by Crippen LogP contribution is -2.52. The molecule has 0 fully saturated rings. The minimum atomic E-state index is -0.699. The topological polar surface area (TPSA) is 96.5 Å². The first-order valence-corrected chi connectivity index (χ1v) is 9.24. The van der Waals surface area contributed by atoms with E-state index >= 15 is 0 Å². The lowest BCUT2D eigenvalue weighted by Gasteiger charge is -2.26. The standard InChI is InChI=1S/C20H31N3O4/c1-6-14(2)16(23-19(26)27-20(3,4)5)18(25)22-13-12-21-17(24)15-10-8-7-9-11-15/h7-11,14,16H,6,12-13H2,1-5H3,(H,21,24)(H,22,25)(H,23,26). The second-order valence-electron chi connectivity index (χ2n) is 7.42. The van der Waals surface area contributed by atoms with E-state index in [9.17, 15) is 14.4 Å². The van der Waals surface area contributed by atoms with E-state index in [2.05, 4.69) is 16.0 Å². The summed E-state index contributed by atoms with van der Waals surface area (Å²) in [6.45, 7) is 9.68. The summed E-state index contributed by atoms with van der Waals surface area (Å²) in [6, 6.07) is 8.15. The Morgan fingerprint density at radius 2 is 1.63 bits per heavy atom. The molecular formula is C20H31N3O4. The largest absolute Gasteiger partial charge is 0.444 e. The summed E-state index contributed by atoms with van der Waals surface area (Å²) < 4.78 is 5.23. The van der Waals surface area contributed by atoms with Crippen molar-refractivity contribution in [2.24, 2.45) is 5.92 Å². The SMILES string of the molecule is CCC(C)C(NC(=O)OC(C)(C)C)C(=O)NCCNC(=O)c1ccccc1. The Balaban J connectivity index is 2.49. The lowest BCUT2D eigenvalue weighted by atomic mass is 9.98. The zero-order chi connectivity index (χ0) is 20.4. The van der Waals surface area contributed by atoms with Gasteiger partial charge >= 0.3 is 6.09 Å². The van der Waals surface area contributed by atoms with Gasteiger partial charge in [-0.2, -0.15) is 0 Å². The number of benzene rings is 1. The van der Waals surface area contributed by atoms with Crippen LogP contribution < -0.4 is 16.0 Å². The van der Waals surface area contributed by atoms with Crippen molar-refractivity contribution in [3.8, 4) is 0 Å². The predicted octanol–water partition coefficient (Wildman–Crippen LogP) is 2.47. The maximum absolute atomic E-state index is 12.5. The average Bonchev–Trinajstić information content (AvgIpc) is 2.61. The zero-order valence-corrected chi connectivity index (χ0v) is 16.8. The van der Waals surface area contributed by atoms with Crippen molar-refractivity contribution < 1.29 is 19.1 Å². The summed E-state index contributed by atoms with van der Waals surface area (Å²) in [4.78, 5) is 36.4. The lowest BCUT2D eigenvalue weighted by molar-refractivity contribution is -0.124. The van der Waals surface area contributed by atoms with Crippen molar-refractivity contribution in [3.05, 3.63) is 35.9 Å². The van der Waals surface area contributed by atoms with Gasteiger partial charge in [-0.15, -0.1) is 0 Å². The third kappa shape index (κ3) is 8.57. The molecule has 3 N–H and O–H groups in total. The van der Waals surface area contributed by atoms with Crippen LogP contribution in [0, 0.1) is 5.92 Å². The number of carbonyl (C=O) groups is 3. The first-order chi connectivity index (χ1) is 12.6. The van der Waals surface area contributed by atoms with Gasteiger partial charge in [0.2, 0.25) is 5.91 Å². The molecule has 0 saturated carbocycles. The minimum Gasteiger partial charge on any atom is -0.444 e. The van der Waals surface area contributed by atoms with Crippen molar-refractivity contribution in [1.82, 2.24) is 16.0 Å². The molecule has 1 aromatic carbocycles. The van der Waals surface area contributed by atoms with Gasteiger partial charge in [0, 0.05) is 18.7 Å². The molecule has 0 spiro atoms. The Hall–Kier alpha value is -2.57. The zero-order valence-electron chi connectivity index (χ0n) is 16.8. The molecule has 27 heavy (non-hydrogen) atoms. The highest BCUT2D eigenvalue weighted by molar-refractivity contribution is 5.94. The summed E-state index contributed by atoms with van der Waals surface area (Å²) in [5.74, 6) is -0.559. The van der Waals surface area contributed by atoms with Crippen LogP contribution in [0.1, 0.15) is 51.4 Å². The maximum Gasteiger partial charge on any atom is 0.408 e. The van der Waals surface area contributed by atoms with Crippen molar-refractivity contribution in [2.75, 3.05) is 13.1 Å². The highest BCUT2D eigenvalue weighted by atomic mass is 16.6. The summed E-state index contributed by atoms with van der Waals surface area (Å²) in [7, 11) is 0. The van der Waals surface area contributed by atoms with E-state index in [4.69, 9.17) is 4.74 Å². The smallest absolute Gasteiger partial charge is 0.408 e. The Morgan fingerprint density at radius 1 is 1.04 bits per heavy atom. The van der Waals surface area contributed by atoms with Crippen LogP contribution in [0.2, 0.25) is 0 Å². The molecule has 0 aliphatic carbocycles. The molecule has 0 aromatic heterocycles. The number of hydrogen-bond donors (Lipinski definition) is 3. The van der Waals surface area contributed by atoms with Crippen molar-refractivity contribution >= 4 is 17.9 Å². The molecule has 7 nitrogen and oxygen atoms in total. The van der Waals surface area contributed by atoms with Crippen molar-refractivity contribution in [3.63, 3.8) is 0 Å². The van der Waals surface area contributed by atoms with E-state index in [1.165, 1.54) is 0 Å². The Morgan fingerprint density at radius 3 is 2.19 bits per heavy atom. The Kier molecular flexibility index (Phi) is 8.78. The molecule has 0 aliphatic heterocycles. The highest BCUT2D eigenvalue weighted by Crippen LogP contribution is 2.11. The Labute approximate surface area is 161 Å². The summed E-state index contributed by atoms with van der Waals surface area (Å²) in [5.41, 5.74) is -0.0738.